The summed E-state index contributed by atoms with van der Waals surface area (Å²) in [5.41, 5.74) is 3.73. The van der Waals surface area contributed by atoms with Crippen molar-refractivity contribution in [1.29, 1.82) is 0 Å². The van der Waals surface area contributed by atoms with Crippen LogP contribution in [0.4, 0.5) is 0 Å². The quantitative estimate of drug-likeness (QED) is 0.803. The number of aryl methyl sites for hydroxylation is 1. The molecular weight excluding hydrogens is 308 g/mol. The van der Waals surface area contributed by atoms with Crippen LogP contribution in [-0.2, 0) is 11.2 Å². The molecule has 0 saturated heterocycles. The number of aromatic amines is 1. The van der Waals surface area contributed by atoms with E-state index >= 15 is 0 Å². The third-order valence-electron chi connectivity index (χ3n) is 5.98. The van der Waals surface area contributed by atoms with Crippen LogP contribution >= 0.6 is 0 Å². The van der Waals surface area contributed by atoms with Gasteiger partial charge in [-0.15, -0.1) is 0 Å². The average molecular weight is 341 g/mol. The van der Waals surface area contributed by atoms with Gasteiger partial charge in [-0.1, -0.05) is 39.3 Å². The summed E-state index contributed by atoms with van der Waals surface area (Å²) in [6.07, 6.45) is 6.46. The number of hydrogen-bond acceptors (Lipinski definition) is 1. The summed E-state index contributed by atoms with van der Waals surface area (Å²) >= 11 is 0. The third-order valence-corrected chi connectivity index (χ3v) is 5.98. The average Bonchev–Trinajstić information content (AvgIpc) is 2.96. The van der Waals surface area contributed by atoms with E-state index in [4.69, 9.17) is 0 Å². The third kappa shape index (κ3) is 4.08. The van der Waals surface area contributed by atoms with Crippen LogP contribution in [0.25, 0.3) is 10.9 Å². The highest BCUT2D eigenvalue weighted by molar-refractivity contribution is 5.84. The van der Waals surface area contributed by atoms with Crippen LogP contribution in [0.3, 0.4) is 0 Å². The predicted molar refractivity (Wildman–Crippen MR) is 105 cm³/mol. The Balaban J connectivity index is 1.59. The van der Waals surface area contributed by atoms with Crippen molar-refractivity contribution < 1.29 is 4.79 Å². The highest BCUT2D eigenvalue weighted by atomic mass is 16.1. The molecule has 0 aliphatic heterocycles. The van der Waals surface area contributed by atoms with E-state index in [1.807, 2.05) is 0 Å². The van der Waals surface area contributed by atoms with Gasteiger partial charge in [-0.2, -0.15) is 0 Å². The molecule has 0 unspecified atom stereocenters. The van der Waals surface area contributed by atoms with Gasteiger partial charge in [-0.3, -0.25) is 4.79 Å². The number of amides is 1. The molecule has 1 saturated carbocycles. The fraction of sp³-hybridized carbons (Fsp3) is 0.591. The lowest BCUT2D eigenvalue weighted by molar-refractivity contribution is -0.129. The lowest BCUT2D eigenvalue weighted by Crippen LogP contribution is -2.40. The van der Waals surface area contributed by atoms with Gasteiger partial charge in [0.05, 0.1) is 0 Å². The molecule has 3 heteroatoms. The Hall–Kier alpha value is -1.77. The number of H-pyrrole nitrogens is 1. The van der Waals surface area contributed by atoms with Gasteiger partial charge in [0.1, 0.15) is 0 Å². The molecule has 1 heterocycles. The molecular formula is C22H32N2O. The topological polar surface area (TPSA) is 44.9 Å². The van der Waals surface area contributed by atoms with Crippen molar-refractivity contribution in [1.82, 2.24) is 10.3 Å². The summed E-state index contributed by atoms with van der Waals surface area (Å²) in [5.74, 6) is 2.24. The molecule has 3 atom stereocenters. The highest BCUT2D eigenvalue weighted by Crippen LogP contribution is 2.38. The Labute approximate surface area is 151 Å². The molecule has 1 aliphatic rings. The summed E-state index contributed by atoms with van der Waals surface area (Å²) in [6, 6.07) is 6.50. The Morgan fingerprint density at radius 2 is 2.12 bits per heavy atom. The largest absolute Gasteiger partial charge is 0.361 e. The van der Waals surface area contributed by atoms with Gasteiger partial charge in [0.2, 0.25) is 5.91 Å². The molecule has 1 aromatic carbocycles. The monoisotopic (exact) mass is 340 g/mol. The molecule has 0 spiro atoms. The van der Waals surface area contributed by atoms with Crippen LogP contribution in [0.15, 0.2) is 24.4 Å². The van der Waals surface area contributed by atoms with Crippen LogP contribution in [0.1, 0.15) is 51.2 Å². The minimum Gasteiger partial charge on any atom is -0.361 e. The van der Waals surface area contributed by atoms with Gasteiger partial charge in [0.15, 0.2) is 0 Å². The van der Waals surface area contributed by atoms with E-state index in [2.05, 4.69) is 62.4 Å². The molecule has 1 aliphatic carbocycles. The molecule has 1 amide bonds. The zero-order valence-corrected chi connectivity index (χ0v) is 16.1. The number of nitrogens with one attached hydrogen (secondary N) is 2. The number of fused-ring (bicyclic) bond motifs is 1. The van der Waals surface area contributed by atoms with Gasteiger partial charge in [0, 0.05) is 29.6 Å². The highest BCUT2D eigenvalue weighted by Gasteiger charge is 2.35. The second-order valence-corrected chi connectivity index (χ2v) is 8.34. The molecule has 136 valence electrons. The van der Waals surface area contributed by atoms with E-state index in [1.54, 1.807) is 0 Å². The molecule has 1 fully saturated rings. The van der Waals surface area contributed by atoms with Gasteiger partial charge in [-0.25, -0.2) is 0 Å². The van der Waals surface area contributed by atoms with Gasteiger partial charge in [-0.05, 0) is 61.1 Å². The summed E-state index contributed by atoms with van der Waals surface area (Å²) in [7, 11) is 0. The van der Waals surface area contributed by atoms with Crippen LogP contribution in [0.2, 0.25) is 0 Å². The molecule has 25 heavy (non-hydrogen) atoms. The number of carbonyl (C=O) groups is 1. The van der Waals surface area contributed by atoms with E-state index in [0.29, 0.717) is 17.8 Å². The molecule has 0 radical (unpaired) electrons. The van der Waals surface area contributed by atoms with Crippen molar-refractivity contribution >= 4 is 16.8 Å². The lowest BCUT2D eigenvalue weighted by atomic mass is 9.70. The number of hydrogen-bond donors (Lipinski definition) is 2. The van der Waals surface area contributed by atoms with Crippen LogP contribution < -0.4 is 5.32 Å². The summed E-state index contributed by atoms with van der Waals surface area (Å²) < 4.78 is 0. The van der Waals surface area contributed by atoms with Crippen molar-refractivity contribution in [2.24, 2.45) is 23.7 Å². The number of carbonyl (C=O) groups excluding carboxylic acids is 1. The van der Waals surface area contributed by atoms with E-state index < -0.39 is 0 Å². The smallest absolute Gasteiger partial charge is 0.223 e. The maximum atomic E-state index is 12.8. The van der Waals surface area contributed by atoms with Gasteiger partial charge < -0.3 is 10.3 Å². The summed E-state index contributed by atoms with van der Waals surface area (Å²) in [6.45, 7) is 9.63. The Morgan fingerprint density at radius 3 is 2.88 bits per heavy atom. The number of aromatic nitrogens is 1. The van der Waals surface area contributed by atoms with Crippen LogP contribution in [0, 0.1) is 30.6 Å². The zero-order chi connectivity index (χ0) is 18.0. The minimum absolute atomic E-state index is 0.189. The van der Waals surface area contributed by atoms with Crippen LogP contribution in [0.5, 0.6) is 0 Å². The Morgan fingerprint density at radius 1 is 1.32 bits per heavy atom. The normalized spacial score (nSPS) is 24.0. The van der Waals surface area contributed by atoms with Gasteiger partial charge in [0.25, 0.3) is 0 Å². The summed E-state index contributed by atoms with van der Waals surface area (Å²) in [4.78, 5) is 16.1. The Kier molecular flexibility index (Phi) is 5.51. The summed E-state index contributed by atoms with van der Waals surface area (Å²) in [5, 5.41) is 4.49. The lowest BCUT2D eigenvalue weighted by Gasteiger charge is -2.36. The molecule has 0 bridgehead atoms. The first-order chi connectivity index (χ1) is 12.0. The predicted octanol–water partition coefficient (Wildman–Crippen LogP) is 4.84. The van der Waals surface area contributed by atoms with Crippen molar-refractivity contribution in [2.75, 3.05) is 6.54 Å². The standard InChI is InChI=1S/C22H32N2O/c1-14(2)18-7-5-15(3)11-20(18)22(25)23-10-9-17-13-24-21-12-16(4)6-8-19(17)21/h6,8,12-15,18,20,24H,5,7,9-11H2,1-4H3,(H,23,25)/t15-,18+,20-/m1/s1. The van der Waals surface area contributed by atoms with E-state index in [0.717, 1.165) is 19.4 Å². The molecule has 2 N–H and O–H groups in total. The van der Waals surface area contributed by atoms with Crippen molar-refractivity contribution in [3.8, 4) is 0 Å². The first kappa shape index (κ1) is 18.0. The number of rotatable bonds is 5. The molecule has 3 nitrogen and oxygen atoms in total. The first-order valence-corrected chi connectivity index (χ1v) is 9.80. The second-order valence-electron chi connectivity index (χ2n) is 8.34. The van der Waals surface area contributed by atoms with Crippen molar-refractivity contribution in [2.45, 2.75) is 53.4 Å². The maximum absolute atomic E-state index is 12.8. The molecule has 3 rings (SSSR count). The van der Waals surface area contributed by atoms with E-state index in [9.17, 15) is 4.79 Å². The zero-order valence-electron chi connectivity index (χ0n) is 16.1. The Bertz CT molecular complexity index is 731. The fourth-order valence-electron chi connectivity index (χ4n) is 4.46. The van der Waals surface area contributed by atoms with Crippen LogP contribution in [-0.4, -0.2) is 17.4 Å². The number of benzene rings is 1. The first-order valence-electron chi connectivity index (χ1n) is 9.80. The fourth-order valence-corrected chi connectivity index (χ4v) is 4.46. The van der Waals surface area contributed by atoms with Gasteiger partial charge >= 0.3 is 0 Å². The van der Waals surface area contributed by atoms with Crippen molar-refractivity contribution in [3.05, 3.63) is 35.5 Å². The molecule has 2 aromatic rings. The maximum Gasteiger partial charge on any atom is 0.223 e. The van der Waals surface area contributed by atoms with E-state index in [1.165, 1.54) is 34.9 Å². The minimum atomic E-state index is 0.189. The van der Waals surface area contributed by atoms with Crippen molar-refractivity contribution in [3.63, 3.8) is 0 Å². The van der Waals surface area contributed by atoms with E-state index in [-0.39, 0.29) is 11.8 Å². The second kappa shape index (κ2) is 7.63. The molecule has 1 aromatic heterocycles. The SMILES string of the molecule is Cc1ccc2c(CCNC(=O)[C@@H]3C[C@H](C)CC[C@H]3C(C)C)c[nH]c2c1.